The minimum Gasteiger partial charge on any atom is -0.508 e. The Morgan fingerprint density at radius 3 is 2.31 bits per heavy atom. The van der Waals surface area contributed by atoms with Crippen LogP contribution in [-0.4, -0.2) is 42.8 Å². The first-order valence-corrected chi connectivity index (χ1v) is 7.93. The number of aromatic hydroxyl groups is 1. The highest BCUT2D eigenvalue weighted by molar-refractivity contribution is 5.79. The lowest BCUT2D eigenvalue weighted by atomic mass is 10.1. The number of carbonyl (C=O) groups excluding carboxylic acids is 2. The number of benzene rings is 2. The second kappa shape index (κ2) is 8.75. The molecule has 0 radical (unpaired) electrons. The summed E-state index contributed by atoms with van der Waals surface area (Å²) >= 11 is 0. The van der Waals surface area contributed by atoms with Crippen molar-refractivity contribution in [2.75, 3.05) is 20.8 Å². The molecule has 0 bridgehead atoms. The summed E-state index contributed by atoms with van der Waals surface area (Å²) < 4.78 is 15.1. The van der Waals surface area contributed by atoms with Crippen molar-refractivity contribution in [2.45, 2.75) is 13.0 Å². The predicted octanol–water partition coefficient (Wildman–Crippen LogP) is 3.14. The Bertz CT molecular complexity index is 759. The van der Waals surface area contributed by atoms with E-state index in [9.17, 15) is 14.7 Å². The van der Waals surface area contributed by atoms with E-state index in [4.69, 9.17) is 9.47 Å². The number of rotatable bonds is 6. The highest BCUT2D eigenvalue weighted by atomic mass is 16.6. The second-order valence-electron chi connectivity index (χ2n) is 5.52. The molecule has 1 atom stereocenters. The number of amides is 1. The van der Waals surface area contributed by atoms with Crippen molar-refractivity contribution in [1.29, 1.82) is 0 Å². The summed E-state index contributed by atoms with van der Waals surface area (Å²) in [5, 5.41) is 9.66. The molecule has 0 aliphatic heterocycles. The topological polar surface area (TPSA) is 85.3 Å². The summed E-state index contributed by atoms with van der Waals surface area (Å²) in [5.74, 6) is 0.428. The molecular weight excluding hydrogens is 338 g/mol. The average Bonchev–Trinajstić information content (AvgIpc) is 2.65. The zero-order valence-corrected chi connectivity index (χ0v) is 14.8. The van der Waals surface area contributed by atoms with Gasteiger partial charge in [-0.1, -0.05) is 12.1 Å². The van der Waals surface area contributed by atoms with Gasteiger partial charge in [-0.15, -0.1) is 0 Å². The van der Waals surface area contributed by atoms with E-state index in [1.165, 1.54) is 31.3 Å². The maximum Gasteiger partial charge on any atom is 0.416 e. The van der Waals surface area contributed by atoms with Gasteiger partial charge in [0.05, 0.1) is 20.3 Å². The summed E-state index contributed by atoms with van der Waals surface area (Å²) in [6.45, 7) is 1.44. The molecular formula is C19H21NO6. The summed E-state index contributed by atoms with van der Waals surface area (Å²) in [6, 6.07) is 12.4. The van der Waals surface area contributed by atoms with Crippen molar-refractivity contribution < 1.29 is 28.9 Å². The molecule has 2 aromatic carbocycles. The summed E-state index contributed by atoms with van der Waals surface area (Å²) in [6.07, 6.45) is -0.712. The third-order valence-electron chi connectivity index (χ3n) is 3.85. The quantitative estimate of drug-likeness (QED) is 0.798. The van der Waals surface area contributed by atoms with Gasteiger partial charge in [0.1, 0.15) is 23.8 Å². The van der Waals surface area contributed by atoms with E-state index in [0.29, 0.717) is 17.1 Å². The van der Waals surface area contributed by atoms with Crippen LogP contribution >= 0.6 is 0 Å². The van der Waals surface area contributed by atoms with Gasteiger partial charge in [-0.25, -0.2) is 4.79 Å². The second-order valence-corrected chi connectivity index (χ2v) is 5.52. The van der Waals surface area contributed by atoms with Gasteiger partial charge in [0.15, 0.2) is 0 Å². The molecule has 0 heterocycles. The highest BCUT2D eigenvalue weighted by Crippen LogP contribution is 2.25. The minimum absolute atomic E-state index is 0.0656. The van der Waals surface area contributed by atoms with Gasteiger partial charge in [0.25, 0.3) is 0 Å². The lowest BCUT2D eigenvalue weighted by Gasteiger charge is -2.27. The van der Waals surface area contributed by atoms with E-state index in [2.05, 4.69) is 4.74 Å². The molecule has 7 heteroatoms. The molecule has 7 nitrogen and oxygen atoms in total. The van der Waals surface area contributed by atoms with Gasteiger partial charge in [0, 0.05) is 0 Å². The zero-order chi connectivity index (χ0) is 19.1. The Hall–Kier alpha value is -3.22. The number of nitrogens with zero attached hydrogens (tertiary/aromatic N) is 1. The number of carbonyl (C=O) groups is 2. The van der Waals surface area contributed by atoms with E-state index in [1.807, 2.05) is 0 Å². The summed E-state index contributed by atoms with van der Waals surface area (Å²) in [7, 11) is 2.78. The van der Waals surface area contributed by atoms with E-state index < -0.39 is 18.1 Å². The fourth-order valence-electron chi connectivity index (χ4n) is 2.33. The molecule has 0 saturated heterocycles. The third kappa shape index (κ3) is 4.89. The average molecular weight is 359 g/mol. The maximum absolute atomic E-state index is 12.6. The minimum atomic E-state index is -0.712. The molecule has 0 spiro atoms. The van der Waals surface area contributed by atoms with E-state index in [0.717, 1.165) is 0 Å². The first-order valence-electron chi connectivity index (χ1n) is 7.93. The third-order valence-corrected chi connectivity index (χ3v) is 3.85. The summed E-state index contributed by atoms with van der Waals surface area (Å²) in [5.41, 5.74) is 0.653. The fourth-order valence-corrected chi connectivity index (χ4v) is 2.33. The lowest BCUT2D eigenvalue weighted by molar-refractivity contribution is -0.141. The van der Waals surface area contributed by atoms with Gasteiger partial charge in [-0.3, -0.25) is 9.69 Å². The van der Waals surface area contributed by atoms with Gasteiger partial charge in [0.2, 0.25) is 0 Å². The monoisotopic (exact) mass is 359 g/mol. The standard InChI is InChI=1S/C19H21NO6/c1-13(14-5-4-6-15(21)11-14)20(12-18(22)25-3)19(23)26-17-9-7-16(24-2)8-10-17/h4-11,13,21H,12H2,1-3H3. The zero-order valence-electron chi connectivity index (χ0n) is 14.8. The number of phenols is 1. The van der Waals surface area contributed by atoms with Crippen LogP contribution in [0.5, 0.6) is 17.2 Å². The van der Waals surface area contributed by atoms with Gasteiger partial charge in [-0.2, -0.15) is 0 Å². The SMILES string of the molecule is COC(=O)CN(C(=O)Oc1ccc(OC)cc1)C(C)c1cccc(O)c1. The van der Waals surface area contributed by atoms with Crippen LogP contribution in [0.1, 0.15) is 18.5 Å². The van der Waals surface area contributed by atoms with Crippen molar-refractivity contribution in [1.82, 2.24) is 4.90 Å². The van der Waals surface area contributed by atoms with Crippen LogP contribution in [0.15, 0.2) is 48.5 Å². The van der Waals surface area contributed by atoms with Crippen molar-refractivity contribution in [3.05, 3.63) is 54.1 Å². The number of esters is 1. The van der Waals surface area contributed by atoms with Crippen LogP contribution in [0.3, 0.4) is 0 Å². The van der Waals surface area contributed by atoms with Crippen LogP contribution < -0.4 is 9.47 Å². The van der Waals surface area contributed by atoms with Crippen LogP contribution in [0.4, 0.5) is 4.79 Å². The van der Waals surface area contributed by atoms with Crippen molar-refractivity contribution in [3.63, 3.8) is 0 Å². The molecule has 1 unspecified atom stereocenters. The van der Waals surface area contributed by atoms with Crippen molar-refractivity contribution >= 4 is 12.1 Å². The Kier molecular flexibility index (Phi) is 6.43. The van der Waals surface area contributed by atoms with E-state index >= 15 is 0 Å². The number of ether oxygens (including phenoxy) is 3. The van der Waals surface area contributed by atoms with Crippen LogP contribution in [-0.2, 0) is 9.53 Å². The molecule has 0 aromatic heterocycles. The van der Waals surface area contributed by atoms with Crippen LogP contribution in [0, 0.1) is 0 Å². The van der Waals surface area contributed by atoms with Crippen molar-refractivity contribution in [3.8, 4) is 17.2 Å². The number of hydrogen-bond acceptors (Lipinski definition) is 6. The Morgan fingerprint density at radius 2 is 1.73 bits per heavy atom. The smallest absolute Gasteiger partial charge is 0.416 e. The lowest BCUT2D eigenvalue weighted by Crippen LogP contribution is -2.40. The van der Waals surface area contributed by atoms with Gasteiger partial charge in [-0.05, 0) is 48.9 Å². The number of methoxy groups -OCH3 is 2. The molecule has 0 aliphatic rings. The number of hydrogen-bond donors (Lipinski definition) is 1. The Morgan fingerprint density at radius 1 is 1.08 bits per heavy atom. The first-order chi connectivity index (χ1) is 12.4. The molecule has 1 N–H and O–H groups in total. The van der Waals surface area contributed by atoms with E-state index in [1.54, 1.807) is 43.3 Å². The van der Waals surface area contributed by atoms with Gasteiger partial charge < -0.3 is 19.3 Å². The normalized spacial score (nSPS) is 11.3. The van der Waals surface area contributed by atoms with Crippen molar-refractivity contribution in [2.24, 2.45) is 0 Å². The molecule has 138 valence electrons. The molecule has 0 aliphatic carbocycles. The largest absolute Gasteiger partial charge is 0.508 e. The highest BCUT2D eigenvalue weighted by Gasteiger charge is 2.26. The van der Waals surface area contributed by atoms with Crippen LogP contribution in [0.25, 0.3) is 0 Å². The Labute approximate surface area is 151 Å². The van der Waals surface area contributed by atoms with E-state index in [-0.39, 0.29) is 12.3 Å². The van der Waals surface area contributed by atoms with Gasteiger partial charge >= 0.3 is 12.1 Å². The molecule has 26 heavy (non-hydrogen) atoms. The Balaban J connectivity index is 2.21. The molecule has 1 amide bonds. The molecule has 0 fully saturated rings. The fraction of sp³-hybridized carbons (Fsp3) is 0.263. The first kappa shape index (κ1) is 19.1. The van der Waals surface area contributed by atoms with Crippen LogP contribution in [0.2, 0.25) is 0 Å². The molecule has 2 aromatic rings. The molecule has 0 saturated carbocycles. The summed E-state index contributed by atoms with van der Waals surface area (Å²) in [4.78, 5) is 25.6. The maximum atomic E-state index is 12.6. The number of phenolic OH excluding ortho intramolecular Hbond substituents is 1. The predicted molar refractivity (Wildman–Crippen MR) is 94.3 cm³/mol. The molecule has 2 rings (SSSR count).